The molecule has 0 amide bonds. The van der Waals surface area contributed by atoms with E-state index in [0.717, 1.165) is 0 Å². The van der Waals surface area contributed by atoms with Gasteiger partial charge in [-0.25, -0.2) is 9.59 Å². The van der Waals surface area contributed by atoms with Crippen LogP contribution in [0.1, 0.15) is 0 Å². The molecule has 5 atom stereocenters. The van der Waals surface area contributed by atoms with Crippen LogP contribution in [0.25, 0.3) is 0 Å². The van der Waals surface area contributed by atoms with Crippen molar-refractivity contribution in [1.29, 1.82) is 0 Å². The first kappa shape index (κ1) is 15.5. The molecule has 0 aromatic carbocycles. The fraction of sp³-hybridized carbons (Fsp3) is 0.600. The molecule has 0 radical (unpaired) electrons. The van der Waals surface area contributed by atoms with Crippen LogP contribution in [0.5, 0.6) is 0 Å². The van der Waals surface area contributed by atoms with Crippen molar-refractivity contribution in [2.45, 2.75) is 30.7 Å². The standard InChI is InChI=1S/C10H14O9/c11-5(12)1-2-6(13)18-3-4-7(14)8(15)9(16)10(17)19-4/h1-2,4,7-10,14-17H,3H2,(H,11,12)/b2-1+/t4?,7-,8-,9+,10-/m0/s1. The van der Waals surface area contributed by atoms with Crippen molar-refractivity contribution in [3.8, 4) is 0 Å². The number of ether oxygens (including phenoxy) is 2. The number of aliphatic carboxylic acids is 1. The zero-order valence-electron chi connectivity index (χ0n) is 9.62. The van der Waals surface area contributed by atoms with Gasteiger partial charge in [-0.05, 0) is 0 Å². The van der Waals surface area contributed by atoms with Gasteiger partial charge in [-0.2, -0.15) is 0 Å². The van der Waals surface area contributed by atoms with Crippen LogP contribution in [0.15, 0.2) is 12.2 Å². The average Bonchev–Trinajstić information content (AvgIpc) is 2.36. The van der Waals surface area contributed by atoms with E-state index in [1.54, 1.807) is 0 Å². The van der Waals surface area contributed by atoms with E-state index in [0.29, 0.717) is 12.2 Å². The van der Waals surface area contributed by atoms with E-state index < -0.39 is 49.3 Å². The molecule has 0 bridgehead atoms. The summed E-state index contributed by atoms with van der Waals surface area (Å²) in [6, 6.07) is 0. The maximum absolute atomic E-state index is 11.0. The molecule has 1 unspecified atom stereocenters. The second-order valence-electron chi connectivity index (χ2n) is 3.84. The first-order valence-corrected chi connectivity index (χ1v) is 5.28. The van der Waals surface area contributed by atoms with E-state index in [9.17, 15) is 30.0 Å². The minimum absolute atomic E-state index is 0.523. The summed E-state index contributed by atoms with van der Waals surface area (Å²) in [6.07, 6.45) is -6.63. The Balaban J connectivity index is 2.49. The molecule has 1 fully saturated rings. The van der Waals surface area contributed by atoms with Gasteiger partial charge in [0, 0.05) is 12.2 Å². The van der Waals surface area contributed by atoms with Crippen molar-refractivity contribution in [2.24, 2.45) is 0 Å². The molecule has 0 aromatic rings. The Hall–Kier alpha value is -1.52. The van der Waals surface area contributed by atoms with Gasteiger partial charge in [0.1, 0.15) is 31.0 Å². The lowest BCUT2D eigenvalue weighted by atomic mass is 9.99. The van der Waals surface area contributed by atoms with Crippen molar-refractivity contribution >= 4 is 11.9 Å². The van der Waals surface area contributed by atoms with Crippen molar-refractivity contribution in [3.05, 3.63) is 12.2 Å². The van der Waals surface area contributed by atoms with Crippen molar-refractivity contribution in [1.82, 2.24) is 0 Å². The molecule has 1 aliphatic heterocycles. The van der Waals surface area contributed by atoms with Crippen molar-refractivity contribution in [2.75, 3.05) is 6.61 Å². The van der Waals surface area contributed by atoms with Crippen LogP contribution in [0.2, 0.25) is 0 Å². The van der Waals surface area contributed by atoms with Crippen LogP contribution >= 0.6 is 0 Å². The Morgan fingerprint density at radius 2 is 1.68 bits per heavy atom. The molecule has 5 N–H and O–H groups in total. The zero-order valence-corrected chi connectivity index (χ0v) is 9.62. The predicted octanol–water partition coefficient (Wildman–Crippen LogP) is -3.03. The number of aliphatic hydroxyl groups excluding tert-OH is 4. The maximum atomic E-state index is 11.0. The van der Waals surface area contributed by atoms with Gasteiger partial charge < -0.3 is 35.0 Å². The lowest BCUT2D eigenvalue weighted by Crippen LogP contribution is -2.58. The van der Waals surface area contributed by atoms with Gasteiger partial charge in [0.15, 0.2) is 6.29 Å². The summed E-state index contributed by atoms with van der Waals surface area (Å²) in [4.78, 5) is 21.2. The second-order valence-corrected chi connectivity index (χ2v) is 3.84. The van der Waals surface area contributed by atoms with Crippen LogP contribution in [0, 0.1) is 0 Å². The first-order chi connectivity index (χ1) is 8.82. The minimum Gasteiger partial charge on any atom is -0.478 e. The number of carbonyl (C=O) groups excluding carboxylic acids is 1. The number of hydrogen-bond acceptors (Lipinski definition) is 8. The Bertz CT molecular complexity index is 366. The third kappa shape index (κ3) is 4.26. The number of hydrogen-bond donors (Lipinski definition) is 5. The molecule has 1 heterocycles. The Labute approximate surface area is 107 Å². The normalized spacial score (nSPS) is 35.3. The molecule has 1 saturated heterocycles. The summed E-state index contributed by atoms with van der Waals surface area (Å²) in [5, 5.41) is 45.5. The molecule has 108 valence electrons. The maximum Gasteiger partial charge on any atom is 0.331 e. The first-order valence-electron chi connectivity index (χ1n) is 5.28. The fourth-order valence-electron chi connectivity index (χ4n) is 1.42. The summed E-state index contributed by atoms with van der Waals surface area (Å²) < 4.78 is 9.29. The molecular formula is C10H14O9. The lowest BCUT2D eigenvalue weighted by molar-refractivity contribution is -0.287. The molecule has 0 saturated carbocycles. The third-order valence-electron chi connectivity index (χ3n) is 2.44. The van der Waals surface area contributed by atoms with Crippen LogP contribution in [0.3, 0.4) is 0 Å². The van der Waals surface area contributed by atoms with Crippen LogP contribution in [-0.2, 0) is 19.1 Å². The van der Waals surface area contributed by atoms with Gasteiger partial charge in [0.25, 0.3) is 0 Å². The quantitative estimate of drug-likeness (QED) is 0.267. The zero-order chi connectivity index (χ0) is 14.6. The van der Waals surface area contributed by atoms with Crippen LogP contribution in [-0.4, -0.2) is 74.8 Å². The molecule has 19 heavy (non-hydrogen) atoms. The van der Waals surface area contributed by atoms with E-state index in [4.69, 9.17) is 9.84 Å². The monoisotopic (exact) mass is 278 g/mol. The van der Waals surface area contributed by atoms with E-state index in [2.05, 4.69) is 4.74 Å². The summed E-state index contributed by atoms with van der Waals surface area (Å²) in [5.74, 6) is -2.33. The van der Waals surface area contributed by atoms with E-state index in [1.165, 1.54) is 0 Å². The SMILES string of the molecule is O=C(O)/C=C/C(=O)OCC1O[C@H](O)[C@H](O)[C@@H](O)[C@H]1O. The average molecular weight is 278 g/mol. The third-order valence-corrected chi connectivity index (χ3v) is 2.44. The highest BCUT2D eigenvalue weighted by atomic mass is 16.6. The van der Waals surface area contributed by atoms with Crippen molar-refractivity contribution < 1.29 is 44.6 Å². The highest BCUT2D eigenvalue weighted by Crippen LogP contribution is 2.19. The largest absolute Gasteiger partial charge is 0.478 e. The number of carboxylic acid groups (broad SMARTS) is 1. The number of carboxylic acids is 1. The van der Waals surface area contributed by atoms with Crippen molar-refractivity contribution in [3.63, 3.8) is 0 Å². The topological polar surface area (TPSA) is 154 Å². The van der Waals surface area contributed by atoms with Gasteiger partial charge in [-0.3, -0.25) is 0 Å². The summed E-state index contributed by atoms with van der Waals surface area (Å²) in [6.45, 7) is -0.523. The van der Waals surface area contributed by atoms with Gasteiger partial charge in [0.05, 0.1) is 0 Å². The highest BCUT2D eigenvalue weighted by molar-refractivity contribution is 5.90. The predicted molar refractivity (Wildman–Crippen MR) is 56.6 cm³/mol. The van der Waals surface area contributed by atoms with Gasteiger partial charge in [-0.1, -0.05) is 0 Å². The molecule has 1 aliphatic rings. The van der Waals surface area contributed by atoms with E-state index in [1.807, 2.05) is 0 Å². The molecule has 0 spiro atoms. The van der Waals surface area contributed by atoms with Crippen LogP contribution < -0.4 is 0 Å². The van der Waals surface area contributed by atoms with E-state index >= 15 is 0 Å². The summed E-state index contributed by atoms with van der Waals surface area (Å²) >= 11 is 0. The number of esters is 1. The second kappa shape index (κ2) is 6.59. The molecule has 0 aliphatic carbocycles. The summed E-state index contributed by atoms with van der Waals surface area (Å²) in [5.41, 5.74) is 0. The smallest absolute Gasteiger partial charge is 0.331 e. The Kier molecular flexibility index (Phi) is 5.39. The van der Waals surface area contributed by atoms with Gasteiger partial charge in [-0.15, -0.1) is 0 Å². The minimum atomic E-state index is -1.73. The molecule has 9 nitrogen and oxygen atoms in total. The number of rotatable bonds is 4. The van der Waals surface area contributed by atoms with Gasteiger partial charge in [0.2, 0.25) is 0 Å². The Morgan fingerprint density at radius 3 is 2.26 bits per heavy atom. The van der Waals surface area contributed by atoms with E-state index in [-0.39, 0.29) is 0 Å². The highest BCUT2D eigenvalue weighted by Gasteiger charge is 2.43. The van der Waals surface area contributed by atoms with Crippen LogP contribution in [0.4, 0.5) is 0 Å². The van der Waals surface area contributed by atoms with Gasteiger partial charge >= 0.3 is 11.9 Å². The Morgan fingerprint density at radius 1 is 1.05 bits per heavy atom. The molecular weight excluding hydrogens is 264 g/mol. The number of aliphatic hydroxyl groups is 4. The summed E-state index contributed by atoms with van der Waals surface area (Å²) in [7, 11) is 0. The molecule has 1 rings (SSSR count). The number of carbonyl (C=O) groups is 2. The lowest BCUT2D eigenvalue weighted by Gasteiger charge is -2.37. The molecule has 9 heteroatoms. The molecule has 0 aromatic heterocycles. The fourth-order valence-corrected chi connectivity index (χ4v) is 1.42.